The van der Waals surface area contributed by atoms with Gasteiger partial charge in [-0.05, 0) is 80.7 Å². The van der Waals surface area contributed by atoms with Gasteiger partial charge in [-0.25, -0.2) is 0 Å². The summed E-state index contributed by atoms with van der Waals surface area (Å²) in [5.41, 5.74) is 0. The van der Waals surface area contributed by atoms with Gasteiger partial charge in [0.25, 0.3) is 0 Å². The molecule has 0 spiro atoms. The summed E-state index contributed by atoms with van der Waals surface area (Å²) in [5.74, 6) is 6.40. The molecule has 7 unspecified atom stereocenters. The first-order valence-electron chi connectivity index (χ1n) is 22.7. The third kappa shape index (κ3) is 25.8. The number of hydrogen-bond acceptors (Lipinski definition) is 3. The van der Waals surface area contributed by atoms with Gasteiger partial charge in [-0.1, -0.05) is 185 Å². The lowest BCUT2D eigenvalue weighted by Crippen LogP contribution is -2.33. The molecule has 0 aliphatic carbocycles. The summed E-state index contributed by atoms with van der Waals surface area (Å²) in [6, 6.07) is 0. The Hall–Kier alpha value is -0.120. The third-order valence-corrected chi connectivity index (χ3v) is 12.4. The zero-order chi connectivity index (χ0) is 37.4. The quantitative estimate of drug-likeness (QED) is 0.0678. The van der Waals surface area contributed by atoms with Crippen molar-refractivity contribution in [2.75, 3.05) is 27.2 Å². The fourth-order valence-corrected chi connectivity index (χ4v) is 8.36. The maximum atomic E-state index is 6.84. The van der Waals surface area contributed by atoms with Crippen molar-refractivity contribution in [3.8, 4) is 0 Å². The molecule has 1 rings (SSSR count). The van der Waals surface area contributed by atoms with Crippen LogP contribution in [0.15, 0.2) is 0 Å². The van der Waals surface area contributed by atoms with Gasteiger partial charge in [-0.3, -0.25) is 0 Å². The van der Waals surface area contributed by atoms with E-state index in [0.29, 0.717) is 0 Å². The Labute approximate surface area is 317 Å². The molecular formula is C47H95NO2. The molecular weight excluding hydrogens is 611 g/mol. The molecule has 7 atom stereocenters. The molecule has 0 N–H and O–H groups in total. The van der Waals surface area contributed by atoms with Crippen LogP contribution in [0.3, 0.4) is 0 Å². The molecule has 0 aromatic rings. The topological polar surface area (TPSA) is 21.7 Å². The van der Waals surface area contributed by atoms with E-state index in [-0.39, 0.29) is 11.9 Å². The van der Waals surface area contributed by atoms with Crippen LogP contribution < -0.4 is 0 Å². The number of nitrogens with zero attached hydrogens (tertiary/aromatic N) is 1. The summed E-state index contributed by atoms with van der Waals surface area (Å²) >= 11 is 0. The molecule has 0 aromatic carbocycles. The molecule has 1 heterocycles. The van der Waals surface area contributed by atoms with E-state index >= 15 is 0 Å². The van der Waals surface area contributed by atoms with Crippen molar-refractivity contribution in [2.24, 2.45) is 47.3 Å². The van der Waals surface area contributed by atoms with E-state index in [1.807, 2.05) is 0 Å². The van der Waals surface area contributed by atoms with Gasteiger partial charge in [-0.2, -0.15) is 0 Å². The Bertz CT molecular complexity index is 716. The van der Waals surface area contributed by atoms with Crippen molar-refractivity contribution in [2.45, 2.75) is 229 Å². The highest BCUT2D eigenvalue weighted by molar-refractivity contribution is 4.82. The van der Waals surface area contributed by atoms with E-state index < -0.39 is 0 Å². The van der Waals surface area contributed by atoms with Crippen molar-refractivity contribution in [3.63, 3.8) is 0 Å². The SMILES string of the molecule is CC(C)CCCC(C)CCCC(C)CCCC(C)CCC1(CCC(C)CCCC(C)CCCC(C)CCCC(C)C)OCC(CCN(C)C)O1. The van der Waals surface area contributed by atoms with Crippen LogP contribution in [0.4, 0.5) is 0 Å². The fourth-order valence-electron chi connectivity index (χ4n) is 8.36. The molecule has 0 radical (unpaired) electrons. The smallest absolute Gasteiger partial charge is 0.168 e. The highest BCUT2D eigenvalue weighted by atomic mass is 16.7. The molecule has 1 saturated heterocycles. The standard InChI is InChI=1S/C47H95NO2/c1-38(2)19-13-21-40(5)23-15-25-42(7)27-17-29-44(9)31-34-47(49-37-46(50-47)33-36-48(11)12)35-32-45(10)30-18-28-43(8)26-16-24-41(6)22-14-20-39(3)4/h38-46H,13-37H2,1-12H3. The lowest BCUT2D eigenvalue weighted by atomic mass is 9.88. The van der Waals surface area contributed by atoms with Gasteiger partial charge in [0, 0.05) is 19.4 Å². The fraction of sp³-hybridized carbons (Fsp3) is 1.00. The van der Waals surface area contributed by atoms with E-state index in [4.69, 9.17) is 9.47 Å². The summed E-state index contributed by atoms with van der Waals surface area (Å²) in [6.45, 7) is 26.2. The van der Waals surface area contributed by atoms with Crippen molar-refractivity contribution in [3.05, 3.63) is 0 Å². The minimum atomic E-state index is -0.349. The first kappa shape index (κ1) is 47.9. The van der Waals surface area contributed by atoms with Crippen LogP contribution >= 0.6 is 0 Å². The molecule has 3 nitrogen and oxygen atoms in total. The summed E-state index contributed by atoms with van der Waals surface area (Å²) in [6.07, 6.45) is 31.1. The second-order valence-corrected chi connectivity index (χ2v) is 19.6. The maximum absolute atomic E-state index is 6.84. The van der Waals surface area contributed by atoms with Crippen molar-refractivity contribution in [1.29, 1.82) is 0 Å². The van der Waals surface area contributed by atoms with Gasteiger partial charge in [0.05, 0.1) is 12.7 Å². The van der Waals surface area contributed by atoms with Crippen LogP contribution in [0.25, 0.3) is 0 Å². The molecule has 3 heteroatoms. The van der Waals surface area contributed by atoms with Gasteiger partial charge >= 0.3 is 0 Å². The summed E-state index contributed by atoms with van der Waals surface area (Å²) < 4.78 is 13.5. The predicted molar refractivity (Wildman–Crippen MR) is 223 cm³/mol. The molecule has 1 aliphatic heterocycles. The second kappa shape index (κ2) is 28.3. The van der Waals surface area contributed by atoms with Gasteiger partial charge in [0.15, 0.2) is 5.79 Å². The van der Waals surface area contributed by atoms with E-state index in [0.717, 1.165) is 79.8 Å². The summed E-state index contributed by atoms with van der Waals surface area (Å²) in [7, 11) is 4.33. The van der Waals surface area contributed by atoms with Crippen LogP contribution in [0.5, 0.6) is 0 Å². The van der Waals surface area contributed by atoms with Crippen LogP contribution in [-0.2, 0) is 9.47 Å². The van der Waals surface area contributed by atoms with Gasteiger partial charge in [0.2, 0.25) is 0 Å². The predicted octanol–water partition coefficient (Wildman–Crippen LogP) is 14.8. The number of hydrogen-bond donors (Lipinski definition) is 0. The molecule has 1 fully saturated rings. The molecule has 0 saturated carbocycles. The van der Waals surface area contributed by atoms with Crippen LogP contribution in [-0.4, -0.2) is 44.0 Å². The molecule has 300 valence electrons. The van der Waals surface area contributed by atoms with E-state index in [1.165, 1.54) is 128 Å². The average molecular weight is 706 g/mol. The molecule has 1 aliphatic rings. The highest BCUT2D eigenvalue weighted by Crippen LogP contribution is 2.37. The zero-order valence-electron chi connectivity index (χ0n) is 36.6. The molecule has 50 heavy (non-hydrogen) atoms. The monoisotopic (exact) mass is 706 g/mol. The molecule has 0 bridgehead atoms. The Balaban J connectivity index is 2.39. The Morgan fingerprint density at radius 3 is 1.06 bits per heavy atom. The Morgan fingerprint density at radius 2 is 0.760 bits per heavy atom. The van der Waals surface area contributed by atoms with Crippen LogP contribution in [0.1, 0.15) is 217 Å². The van der Waals surface area contributed by atoms with Crippen molar-refractivity contribution in [1.82, 2.24) is 4.90 Å². The van der Waals surface area contributed by atoms with Gasteiger partial charge in [0.1, 0.15) is 0 Å². The largest absolute Gasteiger partial charge is 0.347 e. The van der Waals surface area contributed by atoms with Crippen molar-refractivity contribution < 1.29 is 9.47 Å². The number of ether oxygens (including phenoxy) is 2. The van der Waals surface area contributed by atoms with Crippen LogP contribution in [0, 0.1) is 47.3 Å². The van der Waals surface area contributed by atoms with Crippen molar-refractivity contribution >= 4 is 0 Å². The van der Waals surface area contributed by atoms with Gasteiger partial charge in [-0.15, -0.1) is 0 Å². The summed E-state index contributed by atoms with van der Waals surface area (Å²) in [4.78, 5) is 2.28. The first-order chi connectivity index (χ1) is 23.7. The number of rotatable bonds is 33. The Kier molecular flexibility index (Phi) is 27.2. The highest BCUT2D eigenvalue weighted by Gasteiger charge is 2.41. The maximum Gasteiger partial charge on any atom is 0.168 e. The normalized spacial score (nSPS) is 22.0. The zero-order valence-corrected chi connectivity index (χ0v) is 36.6. The van der Waals surface area contributed by atoms with E-state index in [1.54, 1.807) is 0 Å². The van der Waals surface area contributed by atoms with E-state index in [9.17, 15) is 0 Å². The molecule has 0 amide bonds. The van der Waals surface area contributed by atoms with E-state index in [2.05, 4.69) is 88.2 Å². The van der Waals surface area contributed by atoms with Gasteiger partial charge < -0.3 is 14.4 Å². The lowest BCUT2D eigenvalue weighted by Gasteiger charge is -2.31. The average Bonchev–Trinajstić information content (AvgIpc) is 3.45. The minimum Gasteiger partial charge on any atom is -0.347 e. The second-order valence-electron chi connectivity index (χ2n) is 19.6. The lowest BCUT2D eigenvalue weighted by molar-refractivity contribution is -0.182. The third-order valence-electron chi connectivity index (χ3n) is 12.4. The summed E-state index contributed by atoms with van der Waals surface area (Å²) in [5, 5.41) is 0. The van der Waals surface area contributed by atoms with Crippen LogP contribution in [0.2, 0.25) is 0 Å². The molecule has 0 aromatic heterocycles. The first-order valence-corrected chi connectivity index (χ1v) is 22.7. The Morgan fingerprint density at radius 1 is 0.460 bits per heavy atom. The minimum absolute atomic E-state index is 0.251.